The van der Waals surface area contributed by atoms with E-state index in [9.17, 15) is 0 Å². The molecule has 0 saturated carbocycles. The fourth-order valence-electron chi connectivity index (χ4n) is 2.29. The molecule has 0 aliphatic heterocycles. The van der Waals surface area contributed by atoms with E-state index >= 15 is 0 Å². The van der Waals surface area contributed by atoms with Crippen LogP contribution in [0.15, 0.2) is 24.3 Å². The summed E-state index contributed by atoms with van der Waals surface area (Å²) in [4.78, 5) is 0. The van der Waals surface area contributed by atoms with Crippen molar-refractivity contribution in [3.63, 3.8) is 0 Å². The molecule has 98 valence electrons. The van der Waals surface area contributed by atoms with Crippen molar-refractivity contribution in [3.05, 3.63) is 32.3 Å². The van der Waals surface area contributed by atoms with Gasteiger partial charge in [0, 0.05) is 0 Å². The van der Waals surface area contributed by atoms with Crippen LogP contribution in [-0.2, 0) is 6.42 Å². The van der Waals surface area contributed by atoms with E-state index in [1.54, 1.807) is 12.3 Å². The minimum atomic E-state index is 0.608. The average Bonchev–Trinajstić information content (AvgIpc) is 2.71. The first-order valence-corrected chi connectivity index (χ1v) is 9.78. The van der Waals surface area contributed by atoms with Crippen LogP contribution in [0.4, 0.5) is 0 Å². The molecule has 0 bridgehead atoms. The van der Waals surface area contributed by atoms with E-state index in [1.807, 2.05) is 0 Å². The third kappa shape index (κ3) is 3.85. The van der Waals surface area contributed by atoms with E-state index in [0.717, 1.165) is 0 Å². The third-order valence-corrected chi connectivity index (χ3v) is 8.00. The van der Waals surface area contributed by atoms with Gasteiger partial charge in [-0.05, 0) is 0 Å². The van der Waals surface area contributed by atoms with Crippen molar-refractivity contribution in [2.45, 2.75) is 51.9 Å². The van der Waals surface area contributed by atoms with Gasteiger partial charge in [-0.3, -0.25) is 0 Å². The second-order valence-electron chi connectivity index (χ2n) is 4.85. The quantitative estimate of drug-likeness (QED) is 0.320. The summed E-state index contributed by atoms with van der Waals surface area (Å²) in [5, 5.41) is 1.51. The second kappa shape index (κ2) is 7.71. The van der Waals surface area contributed by atoms with Crippen LogP contribution in [0, 0.1) is 3.57 Å². The van der Waals surface area contributed by atoms with E-state index in [-0.39, 0.29) is 0 Å². The van der Waals surface area contributed by atoms with Crippen LogP contribution in [0.5, 0.6) is 0 Å². The molecule has 0 spiro atoms. The zero-order valence-electron chi connectivity index (χ0n) is 11.0. The zero-order valence-corrected chi connectivity index (χ0v) is 14.9. The maximum atomic E-state index is 2.56. The fraction of sp³-hybridized carbons (Fsp3) is 0.500. The predicted molar refractivity (Wildman–Crippen MR) is 90.7 cm³/mol. The number of halogens is 1. The molecule has 0 unspecified atom stereocenters. The summed E-state index contributed by atoms with van der Waals surface area (Å²) in [5.74, 6) is 0. The maximum absolute atomic E-state index is 2.56. The van der Waals surface area contributed by atoms with Gasteiger partial charge in [0.15, 0.2) is 0 Å². The third-order valence-electron chi connectivity index (χ3n) is 3.36. The molecular formula is C16H21ISe. The van der Waals surface area contributed by atoms with Gasteiger partial charge in [0.1, 0.15) is 0 Å². The fourth-order valence-corrected chi connectivity index (χ4v) is 6.40. The van der Waals surface area contributed by atoms with Crippen molar-refractivity contribution in [1.82, 2.24) is 0 Å². The van der Waals surface area contributed by atoms with Gasteiger partial charge in [-0.1, -0.05) is 0 Å². The molecule has 2 aromatic rings. The number of hydrogen-bond donors (Lipinski definition) is 0. The van der Waals surface area contributed by atoms with Crippen LogP contribution in [-0.4, -0.2) is 14.5 Å². The number of aryl methyl sites for hydroxylation is 1. The first-order valence-electron chi connectivity index (χ1n) is 6.99. The molecule has 0 aliphatic carbocycles. The van der Waals surface area contributed by atoms with E-state index < -0.39 is 0 Å². The monoisotopic (exact) mass is 420 g/mol. The number of unbranched alkanes of at least 4 members (excludes halogenated alkanes) is 5. The summed E-state index contributed by atoms with van der Waals surface area (Å²) in [6.45, 7) is 2.28. The van der Waals surface area contributed by atoms with Crippen LogP contribution in [0.25, 0.3) is 9.65 Å². The van der Waals surface area contributed by atoms with Gasteiger partial charge >= 0.3 is 131 Å². The molecule has 0 amide bonds. The Labute approximate surface area is 130 Å². The molecule has 18 heavy (non-hydrogen) atoms. The van der Waals surface area contributed by atoms with Gasteiger partial charge in [-0.25, -0.2) is 0 Å². The molecule has 1 aromatic heterocycles. The van der Waals surface area contributed by atoms with E-state index in [0.29, 0.717) is 14.5 Å². The molecule has 0 N–H and O–H groups in total. The topological polar surface area (TPSA) is 0 Å². The average molecular weight is 419 g/mol. The van der Waals surface area contributed by atoms with Crippen molar-refractivity contribution in [2.75, 3.05) is 0 Å². The second-order valence-corrected chi connectivity index (χ2v) is 8.32. The zero-order chi connectivity index (χ0) is 12.8. The summed E-state index contributed by atoms with van der Waals surface area (Å²) in [6, 6.07) is 8.94. The van der Waals surface area contributed by atoms with Crippen LogP contribution < -0.4 is 0 Å². The van der Waals surface area contributed by atoms with E-state index in [2.05, 4.69) is 53.8 Å². The Morgan fingerprint density at radius 1 is 1.00 bits per heavy atom. The van der Waals surface area contributed by atoms with Crippen LogP contribution >= 0.6 is 22.6 Å². The molecule has 0 atom stereocenters. The molecule has 0 saturated heterocycles. The normalized spacial score (nSPS) is 11.2. The first kappa shape index (κ1) is 14.6. The van der Waals surface area contributed by atoms with Gasteiger partial charge in [-0.15, -0.1) is 0 Å². The van der Waals surface area contributed by atoms with Crippen molar-refractivity contribution in [3.8, 4) is 0 Å². The van der Waals surface area contributed by atoms with Crippen molar-refractivity contribution >= 4 is 46.7 Å². The van der Waals surface area contributed by atoms with Crippen molar-refractivity contribution in [2.24, 2.45) is 0 Å². The van der Waals surface area contributed by atoms with Gasteiger partial charge in [0.25, 0.3) is 0 Å². The van der Waals surface area contributed by atoms with E-state index in [1.165, 1.54) is 50.3 Å². The molecule has 0 nitrogen and oxygen atoms in total. The standard InChI is InChI=1S/C16H21ISe/c1-2-3-4-5-6-7-12-15-16(17)13-10-8-9-11-14(13)18-15/h8-11H,2-7,12H2,1H3. The van der Waals surface area contributed by atoms with Crippen molar-refractivity contribution < 1.29 is 0 Å². The number of rotatable bonds is 7. The Kier molecular flexibility index (Phi) is 6.26. The van der Waals surface area contributed by atoms with Gasteiger partial charge in [0.05, 0.1) is 0 Å². The van der Waals surface area contributed by atoms with Crippen molar-refractivity contribution in [1.29, 1.82) is 0 Å². The van der Waals surface area contributed by atoms with Crippen LogP contribution in [0.3, 0.4) is 0 Å². The molecule has 2 heteroatoms. The predicted octanol–water partition coefficient (Wildman–Crippen LogP) is 5.40. The summed E-state index contributed by atoms with van der Waals surface area (Å²) < 4.78 is 4.88. The SMILES string of the molecule is CCCCCCCCc1[se]c2ccccc2c1I. The Balaban J connectivity index is 1.86. The molecule has 0 aliphatic rings. The van der Waals surface area contributed by atoms with Gasteiger partial charge in [0.2, 0.25) is 0 Å². The molecule has 2 rings (SSSR count). The first-order chi connectivity index (χ1) is 8.83. The molecular weight excluding hydrogens is 398 g/mol. The Bertz CT molecular complexity index is 487. The number of fused-ring (bicyclic) bond motifs is 1. The molecule has 0 radical (unpaired) electrons. The van der Waals surface area contributed by atoms with E-state index in [4.69, 9.17) is 0 Å². The van der Waals surface area contributed by atoms with Crippen LogP contribution in [0.2, 0.25) is 0 Å². The van der Waals surface area contributed by atoms with Gasteiger partial charge in [-0.2, -0.15) is 0 Å². The summed E-state index contributed by atoms with van der Waals surface area (Å²) >= 11 is 3.16. The molecule has 1 heterocycles. The Morgan fingerprint density at radius 3 is 2.50 bits per heavy atom. The number of hydrogen-bond acceptors (Lipinski definition) is 0. The molecule has 0 fully saturated rings. The summed E-state index contributed by atoms with van der Waals surface area (Å²) in [6.07, 6.45) is 9.76. The van der Waals surface area contributed by atoms with Crippen LogP contribution in [0.1, 0.15) is 49.9 Å². The number of benzene rings is 1. The summed E-state index contributed by atoms with van der Waals surface area (Å²) in [7, 11) is 0. The van der Waals surface area contributed by atoms with Gasteiger partial charge < -0.3 is 0 Å². The Morgan fingerprint density at radius 2 is 1.72 bits per heavy atom. The molecule has 1 aromatic carbocycles. The Hall–Kier alpha value is 0.209. The minimum absolute atomic E-state index is 0.608. The summed E-state index contributed by atoms with van der Waals surface area (Å²) in [5.41, 5.74) is 0.